The molecule has 1 saturated heterocycles. The third-order valence-electron chi connectivity index (χ3n) is 5.00. The van der Waals surface area contributed by atoms with Crippen LogP contribution >= 0.6 is 0 Å². The Hall–Kier alpha value is -3.23. The Balaban J connectivity index is 1.87. The molecule has 1 heterocycles. The highest BCUT2D eigenvalue weighted by Gasteiger charge is 2.38. The fourth-order valence-electron chi connectivity index (χ4n) is 3.24. The molecular formula is C22H25F3N4O2. The van der Waals surface area contributed by atoms with Gasteiger partial charge < -0.3 is 5.32 Å². The van der Waals surface area contributed by atoms with Crippen molar-refractivity contribution in [2.45, 2.75) is 45.7 Å². The van der Waals surface area contributed by atoms with Crippen molar-refractivity contribution in [3.05, 3.63) is 65.2 Å². The van der Waals surface area contributed by atoms with E-state index in [1.807, 2.05) is 38.1 Å². The molecule has 1 atom stereocenters. The van der Waals surface area contributed by atoms with Gasteiger partial charge in [-0.2, -0.15) is 13.2 Å². The molecule has 9 heteroatoms. The molecule has 0 spiro atoms. The topological polar surface area (TPSA) is 64.7 Å². The predicted octanol–water partition coefficient (Wildman–Crippen LogP) is 5.16. The summed E-state index contributed by atoms with van der Waals surface area (Å²) in [6, 6.07) is 11.1. The number of imide groups is 1. The van der Waals surface area contributed by atoms with Crippen molar-refractivity contribution in [1.82, 2.24) is 15.1 Å². The van der Waals surface area contributed by atoms with Crippen LogP contribution in [0, 0.1) is 6.92 Å². The van der Waals surface area contributed by atoms with Crippen LogP contribution in [0.4, 0.5) is 28.4 Å². The van der Waals surface area contributed by atoms with Gasteiger partial charge in [0.25, 0.3) is 0 Å². The highest BCUT2D eigenvalue weighted by molar-refractivity contribution is 5.96. The standard InChI is InChI=1S/C22H25F3N4O2/c1-3-4-12-28-20(30)27-19(26-18-7-5-6-17(13-18)22(23,24)25)29(21(28)31)14-16-10-8-15(2)9-11-16/h5-11,13,19,26H,3-4,12,14H2,1-2H3,(H,27,30). The van der Waals surface area contributed by atoms with E-state index >= 15 is 0 Å². The largest absolute Gasteiger partial charge is 0.416 e. The summed E-state index contributed by atoms with van der Waals surface area (Å²) < 4.78 is 39.2. The number of hydrogen-bond acceptors (Lipinski definition) is 3. The van der Waals surface area contributed by atoms with E-state index in [0.717, 1.165) is 34.6 Å². The number of amides is 4. The van der Waals surface area contributed by atoms with E-state index in [9.17, 15) is 22.8 Å². The molecule has 0 aliphatic carbocycles. The van der Waals surface area contributed by atoms with Crippen LogP contribution in [0.5, 0.6) is 0 Å². The number of rotatable bonds is 7. The quantitative estimate of drug-likeness (QED) is 0.633. The van der Waals surface area contributed by atoms with E-state index in [-0.39, 0.29) is 18.8 Å². The van der Waals surface area contributed by atoms with Gasteiger partial charge in [0.05, 0.1) is 12.1 Å². The summed E-state index contributed by atoms with van der Waals surface area (Å²) in [5.41, 5.74) is 1.22. The highest BCUT2D eigenvalue weighted by Crippen LogP contribution is 2.31. The number of benzene rings is 2. The molecule has 2 N–H and O–H groups in total. The molecule has 3 rings (SSSR count). The van der Waals surface area contributed by atoms with Crippen molar-refractivity contribution < 1.29 is 22.8 Å². The minimum Gasteiger partial charge on any atom is -0.348 e. The van der Waals surface area contributed by atoms with Crippen molar-refractivity contribution >= 4 is 17.7 Å². The number of hydrogen-bond donors (Lipinski definition) is 2. The van der Waals surface area contributed by atoms with Crippen molar-refractivity contribution in [2.24, 2.45) is 0 Å². The van der Waals surface area contributed by atoms with Crippen LogP contribution in [0.2, 0.25) is 0 Å². The number of urea groups is 2. The van der Waals surface area contributed by atoms with E-state index in [1.165, 1.54) is 17.0 Å². The molecule has 1 fully saturated rings. The van der Waals surface area contributed by atoms with Crippen molar-refractivity contribution in [1.29, 1.82) is 0 Å². The Morgan fingerprint density at radius 1 is 1.10 bits per heavy atom. The Bertz CT molecular complexity index is 931. The number of carbonyl (C=O) groups excluding carboxylic acids is 2. The van der Waals surface area contributed by atoms with Gasteiger partial charge in [-0.15, -0.1) is 0 Å². The number of anilines is 1. The minimum absolute atomic E-state index is 0.142. The number of alkyl halides is 3. The zero-order chi connectivity index (χ0) is 22.6. The number of carbonyl (C=O) groups is 2. The summed E-state index contributed by atoms with van der Waals surface area (Å²) in [5, 5.41) is 5.55. The third kappa shape index (κ3) is 5.48. The van der Waals surface area contributed by atoms with E-state index < -0.39 is 30.1 Å². The van der Waals surface area contributed by atoms with E-state index in [4.69, 9.17) is 0 Å². The summed E-state index contributed by atoms with van der Waals surface area (Å²) in [6.45, 7) is 4.34. The van der Waals surface area contributed by atoms with Crippen molar-refractivity contribution in [3.63, 3.8) is 0 Å². The Morgan fingerprint density at radius 2 is 1.81 bits per heavy atom. The van der Waals surface area contributed by atoms with Crippen molar-refractivity contribution in [2.75, 3.05) is 11.9 Å². The van der Waals surface area contributed by atoms with Gasteiger partial charge in [-0.1, -0.05) is 49.2 Å². The second-order valence-corrected chi connectivity index (χ2v) is 7.48. The van der Waals surface area contributed by atoms with Crippen LogP contribution in [0.25, 0.3) is 0 Å². The van der Waals surface area contributed by atoms with Gasteiger partial charge in [-0.05, 0) is 37.1 Å². The number of halogens is 3. The zero-order valence-corrected chi connectivity index (χ0v) is 17.4. The Morgan fingerprint density at radius 3 is 2.45 bits per heavy atom. The van der Waals surface area contributed by atoms with Gasteiger partial charge in [-0.3, -0.25) is 10.2 Å². The number of aryl methyl sites for hydroxylation is 1. The maximum atomic E-state index is 13.1. The first-order chi connectivity index (χ1) is 14.7. The molecule has 0 bridgehead atoms. The molecule has 2 aromatic carbocycles. The van der Waals surface area contributed by atoms with Crippen LogP contribution < -0.4 is 10.6 Å². The molecular weight excluding hydrogens is 409 g/mol. The number of nitrogens with zero attached hydrogens (tertiary/aromatic N) is 2. The Kier molecular flexibility index (Phi) is 6.72. The maximum absolute atomic E-state index is 13.1. The number of unbranched alkanes of at least 4 members (excludes halogenated alkanes) is 1. The van der Waals surface area contributed by atoms with Crippen molar-refractivity contribution in [3.8, 4) is 0 Å². The lowest BCUT2D eigenvalue weighted by molar-refractivity contribution is -0.137. The molecule has 31 heavy (non-hydrogen) atoms. The minimum atomic E-state index is -4.50. The van der Waals surface area contributed by atoms with E-state index in [1.54, 1.807) is 0 Å². The smallest absolute Gasteiger partial charge is 0.348 e. The van der Waals surface area contributed by atoms with Crippen LogP contribution in [0.15, 0.2) is 48.5 Å². The lowest BCUT2D eigenvalue weighted by Crippen LogP contribution is -2.67. The Labute approximate surface area is 179 Å². The predicted molar refractivity (Wildman–Crippen MR) is 111 cm³/mol. The molecule has 0 radical (unpaired) electrons. The molecule has 0 saturated carbocycles. The summed E-state index contributed by atoms with van der Waals surface area (Å²) in [5.74, 6) is 0. The van der Waals surface area contributed by atoms with Gasteiger partial charge >= 0.3 is 18.2 Å². The van der Waals surface area contributed by atoms with E-state index in [2.05, 4.69) is 10.6 Å². The van der Waals surface area contributed by atoms with Gasteiger partial charge in [0.15, 0.2) is 6.29 Å². The second-order valence-electron chi connectivity index (χ2n) is 7.48. The molecule has 1 unspecified atom stereocenters. The lowest BCUT2D eigenvalue weighted by atomic mass is 10.1. The molecule has 166 valence electrons. The molecule has 0 aromatic heterocycles. The summed E-state index contributed by atoms with van der Waals surface area (Å²) in [4.78, 5) is 28.2. The van der Waals surface area contributed by atoms with Crippen LogP contribution in [-0.4, -0.2) is 34.7 Å². The lowest BCUT2D eigenvalue weighted by Gasteiger charge is -2.41. The fourth-order valence-corrected chi connectivity index (χ4v) is 3.24. The molecule has 1 aliphatic heterocycles. The summed E-state index contributed by atoms with van der Waals surface area (Å²) >= 11 is 0. The SMILES string of the molecule is CCCCN1C(=O)NC(Nc2cccc(C(F)(F)F)c2)N(Cc2ccc(C)cc2)C1=O. The molecule has 6 nitrogen and oxygen atoms in total. The molecule has 2 aromatic rings. The van der Waals surface area contributed by atoms with Gasteiger partial charge in [0.2, 0.25) is 0 Å². The molecule has 4 amide bonds. The monoisotopic (exact) mass is 434 g/mol. The summed E-state index contributed by atoms with van der Waals surface area (Å²) in [6.07, 6.45) is -4.03. The number of nitrogens with one attached hydrogen (secondary N) is 2. The second kappa shape index (κ2) is 9.28. The molecule has 1 aliphatic rings. The first-order valence-electron chi connectivity index (χ1n) is 10.1. The van der Waals surface area contributed by atoms with Crippen LogP contribution in [0.1, 0.15) is 36.5 Å². The normalized spacial score (nSPS) is 17.0. The third-order valence-corrected chi connectivity index (χ3v) is 5.00. The van der Waals surface area contributed by atoms with Gasteiger partial charge in [0.1, 0.15) is 0 Å². The van der Waals surface area contributed by atoms with Crippen LogP contribution in [0.3, 0.4) is 0 Å². The maximum Gasteiger partial charge on any atom is 0.416 e. The first kappa shape index (κ1) is 22.5. The highest BCUT2D eigenvalue weighted by atomic mass is 19.4. The summed E-state index contributed by atoms with van der Waals surface area (Å²) in [7, 11) is 0. The van der Waals surface area contributed by atoms with E-state index in [0.29, 0.717) is 6.42 Å². The van der Waals surface area contributed by atoms with Gasteiger partial charge in [-0.25, -0.2) is 14.5 Å². The van der Waals surface area contributed by atoms with Gasteiger partial charge in [0, 0.05) is 12.2 Å². The fraction of sp³-hybridized carbons (Fsp3) is 0.364. The zero-order valence-electron chi connectivity index (χ0n) is 17.4. The first-order valence-corrected chi connectivity index (χ1v) is 10.1. The average Bonchev–Trinajstić information content (AvgIpc) is 2.72. The average molecular weight is 434 g/mol. The van der Waals surface area contributed by atoms with Crippen LogP contribution in [-0.2, 0) is 12.7 Å².